The van der Waals surface area contributed by atoms with E-state index in [9.17, 15) is 4.79 Å². The van der Waals surface area contributed by atoms with Crippen molar-refractivity contribution in [3.05, 3.63) is 28.2 Å². The summed E-state index contributed by atoms with van der Waals surface area (Å²) < 4.78 is 8.63. The molecule has 1 aliphatic rings. The lowest BCUT2D eigenvalue weighted by molar-refractivity contribution is 0.0832. The fraction of sp³-hybridized carbons (Fsp3) is 0.615. The Morgan fingerprint density at radius 3 is 2.85 bits per heavy atom. The molecule has 2 aromatic heterocycles. The van der Waals surface area contributed by atoms with Gasteiger partial charge in [-0.05, 0) is 19.8 Å². The molecule has 3 rings (SSSR count). The van der Waals surface area contributed by atoms with Crippen LogP contribution in [-0.2, 0) is 17.2 Å². The van der Waals surface area contributed by atoms with Crippen LogP contribution < -0.4 is 5.56 Å². The van der Waals surface area contributed by atoms with E-state index in [-0.39, 0.29) is 11.4 Å². The molecule has 1 fully saturated rings. The van der Waals surface area contributed by atoms with Crippen molar-refractivity contribution in [2.24, 2.45) is 0 Å². The first-order valence-corrected chi connectivity index (χ1v) is 7.40. The normalized spacial score (nSPS) is 16.9. The molecule has 0 aromatic carbocycles. The van der Waals surface area contributed by atoms with Crippen LogP contribution in [0.15, 0.2) is 11.0 Å². The van der Waals surface area contributed by atoms with Crippen LogP contribution in [0.2, 0.25) is 0 Å². The highest BCUT2D eigenvalue weighted by Gasteiger charge is 2.22. The summed E-state index contributed by atoms with van der Waals surface area (Å²) in [7, 11) is 0. The number of alkyl halides is 1. The highest BCUT2D eigenvalue weighted by molar-refractivity contribution is 6.16. The van der Waals surface area contributed by atoms with Crippen LogP contribution in [0, 0.1) is 0 Å². The van der Waals surface area contributed by atoms with Crippen LogP contribution in [0.25, 0.3) is 5.52 Å². The highest BCUT2D eigenvalue weighted by atomic mass is 35.5. The average Bonchev–Trinajstić information content (AvgIpc) is 2.92. The van der Waals surface area contributed by atoms with E-state index in [1.807, 2.05) is 6.92 Å². The van der Waals surface area contributed by atoms with Crippen LogP contribution in [0.5, 0.6) is 0 Å². The summed E-state index contributed by atoms with van der Waals surface area (Å²) in [5, 5.41) is 4.50. The third-order valence-corrected chi connectivity index (χ3v) is 4.02. The fourth-order valence-electron chi connectivity index (χ4n) is 2.69. The van der Waals surface area contributed by atoms with E-state index in [0.29, 0.717) is 23.8 Å². The molecule has 0 atom stereocenters. The Hall–Kier alpha value is -1.40. The molecule has 0 bridgehead atoms. The van der Waals surface area contributed by atoms with Gasteiger partial charge >= 0.3 is 0 Å². The minimum Gasteiger partial charge on any atom is -0.381 e. The summed E-state index contributed by atoms with van der Waals surface area (Å²) >= 11 is 5.91. The summed E-state index contributed by atoms with van der Waals surface area (Å²) in [5.74, 6) is 1.93. The van der Waals surface area contributed by atoms with Crippen molar-refractivity contribution < 1.29 is 4.74 Å². The number of imidazole rings is 1. The second-order valence-corrected chi connectivity index (χ2v) is 5.17. The van der Waals surface area contributed by atoms with E-state index in [1.54, 1.807) is 15.3 Å². The van der Waals surface area contributed by atoms with Gasteiger partial charge in [0.2, 0.25) is 0 Å². The molecule has 2 aromatic rings. The molecule has 1 aliphatic heterocycles. The molecule has 108 valence electrons. The van der Waals surface area contributed by atoms with E-state index < -0.39 is 0 Å². The Kier molecular flexibility index (Phi) is 3.76. The lowest BCUT2D eigenvalue weighted by Crippen LogP contribution is -2.27. The predicted molar refractivity (Wildman–Crippen MR) is 75.3 cm³/mol. The number of rotatable bonds is 3. The van der Waals surface area contributed by atoms with Gasteiger partial charge in [-0.1, -0.05) is 0 Å². The molecule has 0 spiro atoms. The maximum Gasteiger partial charge on any atom is 0.279 e. The molecule has 20 heavy (non-hydrogen) atoms. The van der Waals surface area contributed by atoms with Crippen LogP contribution >= 0.6 is 11.6 Å². The SMILES string of the molecule is CCn1c(CCl)nn2c(C3CCOCC3)ncc2c1=O. The number of halogens is 1. The largest absolute Gasteiger partial charge is 0.381 e. The summed E-state index contributed by atoms with van der Waals surface area (Å²) in [4.78, 5) is 16.8. The van der Waals surface area contributed by atoms with Crippen molar-refractivity contribution in [3.8, 4) is 0 Å². The van der Waals surface area contributed by atoms with Gasteiger partial charge in [-0.15, -0.1) is 11.6 Å². The van der Waals surface area contributed by atoms with Crippen molar-refractivity contribution in [2.75, 3.05) is 13.2 Å². The average molecular weight is 297 g/mol. The highest BCUT2D eigenvalue weighted by Crippen LogP contribution is 2.25. The topological polar surface area (TPSA) is 61.4 Å². The molecule has 0 N–H and O–H groups in total. The molecule has 6 nitrogen and oxygen atoms in total. The molecule has 7 heteroatoms. The van der Waals surface area contributed by atoms with Crippen molar-refractivity contribution in [1.29, 1.82) is 0 Å². The first kappa shape index (κ1) is 13.6. The number of fused-ring (bicyclic) bond motifs is 1. The van der Waals surface area contributed by atoms with Gasteiger partial charge in [-0.2, -0.15) is 5.10 Å². The molecule has 0 radical (unpaired) electrons. The molecule has 0 unspecified atom stereocenters. The van der Waals surface area contributed by atoms with Gasteiger partial charge in [-0.25, -0.2) is 9.50 Å². The second kappa shape index (κ2) is 5.54. The van der Waals surface area contributed by atoms with Gasteiger partial charge in [0.15, 0.2) is 5.52 Å². The standard InChI is InChI=1S/C13H17ClN4O2/c1-2-17-11(7-14)16-18-10(13(17)19)8-15-12(18)9-3-5-20-6-4-9/h8-9H,2-7H2,1H3. The van der Waals surface area contributed by atoms with Gasteiger partial charge in [0.25, 0.3) is 5.56 Å². The van der Waals surface area contributed by atoms with Crippen LogP contribution in [0.4, 0.5) is 0 Å². The number of nitrogens with zero attached hydrogens (tertiary/aromatic N) is 4. The van der Waals surface area contributed by atoms with Gasteiger partial charge in [0.05, 0.1) is 12.1 Å². The van der Waals surface area contributed by atoms with Crippen LogP contribution in [0.3, 0.4) is 0 Å². The van der Waals surface area contributed by atoms with Crippen molar-refractivity contribution in [2.45, 2.75) is 38.1 Å². The number of aromatic nitrogens is 4. The van der Waals surface area contributed by atoms with Gasteiger partial charge < -0.3 is 4.74 Å². The van der Waals surface area contributed by atoms with Gasteiger partial charge in [0, 0.05) is 25.7 Å². The maximum absolute atomic E-state index is 12.4. The number of ether oxygens (including phenoxy) is 1. The molecule has 0 aliphatic carbocycles. The third kappa shape index (κ3) is 2.13. The van der Waals surface area contributed by atoms with Crippen molar-refractivity contribution in [1.82, 2.24) is 19.2 Å². The monoisotopic (exact) mass is 296 g/mol. The Morgan fingerprint density at radius 1 is 1.45 bits per heavy atom. The summed E-state index contributed by atoms with van der Waals surface area (Å²) in [6, 6.07) is 0. The molecule has 3 heterocycles. The Bertz CT molecular complexity index is 673. The van der Waals surface area contributed by atoms with E-state index in [0.717, 1.165) is 31.9 Å². The molecular weight excluding hydrogens is 280 g/mol. The Morgan fingerprint density at radius 2 is 2.20 bits per heavy atom. The molecular formula is C13H17ClN4O2. The van der Waals surface area contributed by atoms with Gasteiger partial charge in [-0.3, -0.25) is 9.36 Å². The zero-order valence-corrected chi connectivity index (χ0v) is 12.1. The van der Waals surface area contributed by atoms with Crippen molar-refractivity contribution >= 4 is 17.1 Å². The van der Waals surface area contributed by atoms with Crippen molar-refractivity contribution in [3.63, 3.8) is 0 Å². The van der Waals surface area contributed by atoms with E-state index >= 15 is 0 Å². The fourth-order valence-corrected chi connectivity index (χ4v) is 2.89. The number of hydrogen-bond donors (Lipinski definition) is 0. The quantitative estimate of drug-likeness (QED) is 0.806. The number of hydrogen-bond acceptors (Lipinski definition) is 4. The smallest absolute Gasteiger partial charge is 0.279 e. The summed E-state index contributed by atoms with van der Waals surface area (Å²) in [6.45, 7) is 3.93. The van der Waals surface area contributed by atoms with E-state index in [2.05, 4.69) is 10.1 Å². The zero-order valence-electron chi connectivity index (χ0n) is 11.4. The van der Waals surface area contributed by atoms with Crippen LogP contribution in [0.1, 0.15) is 37.3 Å². The van der Waals surface area contributed by atoms with Gasteiger partial charge in [0.1, 0.15) is 11.6 Å². The third-order valence-electron chi connectivity index (χ3n) is 3.78. The van der Waals surface area contributed by atoms with E-state index in [4.69, 9.17) is 16.3 Å². The molecule has 0 amide bonds. The minimum atomic E-state index is -0.0797. The lowest BCUT2D eigenvalue weighted by atomic mass is 10.00. The second-order valence-electron chi connectivity index (χ2n) is 4.90. The van der Waals surface area contributed by atoms with Crippen LogP contribution in [-0.4, -0.2) is 32.4 Å². The minimum absolute atomic E-state index is 0.0797. The first-order chi connectivity index (χ1) is 9.76. The first-order valence-electron chi connectivity index (χ1n) is 6.87. The summed E-state index contributed by atoms with van der Waals surface area (Å²) in [5.41, 5.74) is 0.436. The molecule has 1 saturated heterocycles. The zero-order chi connectivity index (χ0) is 14.1. The predicted octanol–water partition coefficient (Wildman–Crippen LogP) is 1.54. The lowest BCUT2D eigenvalue weighted by Gasteiger charge is -2.20. The van der Waals surface area contributed by atoms with E-state index in [1.165, 1.54) is 0 Å². The summed E-state index contributed by atoms with van der Waals surface area (Å²) in [6.07, 6.45) is 3.44. The Balaban J connectivity index is 2.16. The molecule has 0 saturated carbocycles. The maximum atomic E-state index is 12.4. The Labute approximate surface area is 121 Å².